The van der Waals surface area contributed by atoms with E-state index in [0.29, 0.717) is 13.1 Å². The minimum absolute atomic E-state index is 0.0112. The fraction of sp³-hybridized carbons (Fsp3) is 0.174. The zero-order valence-corrected chi connectivity index (χ0v) is 19.0. The average Bonchev–Trinajstić information content (AvgIpc) is 2.80. The van der Waals surface area contributed by atoms with Crippen LogP contribution in [0, 0.1) is 5.82 Å². The van der Waals surface area contributed by atoms with Gasteiger partial charge in [-0.3, -0.25) is 9.10 Å². The Labute approximate surface area is 192 Å². The first-order valence-corrected chi connectivity index (χ1v) is 11.7. The SMILES string of the molecule is CN(CCNC(=O)CN(c1ccc(F)c(Cl)c1)S(=O)(=O)c1ccccc1)c1ccccc1. The smallest absolute Gasteiger partial charge is 0.264 e. The van der Waals surface area contributed by atoms with Gasteiger partial charge in [0.2, 0.25) is 5.91 Å². The Balaban J connectivity index is 1.75. The Bertz CT molecular complexity index is 1160. The third-order valence-electron chi connectivity index (χ3n) is 4.78. The Morgan fingerprint density at radius 2 is 1.59 bits per heavy atom. The van der Waals surface area contributed by atoms with E-state index in [2.05, 4.69) is 5.32 Å². The number of para-hydroxylation sites is 1. The van der Waals surface area contributed by atoms with Gasteiger partial charge in [0, 0.05) is 25.8 Å². The van der Waals surface area contributed by atoms with Crippen LogP contribution < -0.4 is 14.5 Å². The van der Waals surface area contributed by atoms with Gasteiger partial charge in [-0.15, -0.1) is 0 Å². The molecule has 3 aromatic rings. The fourth-order valence-electron chi connectivity index (χ4n) is 3.04. The van der Waals surface area contributed by atoms with Crippen LogP contribution in [0.15, 0.2) is 83.8 Å². The number of hydrogen-bond donors (Lipinski definition) is 1. The molecule has 0 spiro atoms. The molecule has 1 amide bonds. The molecule has 0 heterocycles. The van der Waals surface area contributed by atoms with Gasteiger partial charge in [0.1, 0.15) is 12.4 Å². The Kier molecular flexibility index (Phi) is 7.71. The van der Waals surface area contributed by atoms with Crippen LogP contribution in [0.2, 0.25) is 5.02 Å². The van der Waals surface area contributed by atoms with E-state index < -0.39 is 28.3 Å². The van der Waals surface area contributed by atoms with E-state index in [9.17, 15) is 17.6 Å². The minimum atomic E-state index is -4.08. The molecule has 0 fully saturated rings. The zero-order valence-electron chi connectivity index (χ0n) is 17.4. The lowest BCUT2D eigenvalue weighted by molar-refractivity contribution is -0.119. The van der Waals surface area contributed by atoms with Gasteiger partial charge < -0.3 is 10.2 Å². The van der Waals surface area contributed by atoms with Crippen molar-refractivity contribution in [3.8, 4) is 0 Å². The highest BCUT2D eigenvalue weighted by Gasteiger charge is 2.27. The number of sulfonamides is 1. The molecule has 0 saturated carbocycles. The summed E-state index contributed by atoms with van der Waals surface area (Å²) in [7, 11) is -2.19. The van der Waals surface area contributed by atoms with Crippen molar-refractivity contribution >= 4 is 38.9 Å². The third kappa shape index (κ3) is 5.77. The summed E-state index contributed by atoms with van der Waals surface area (Å²) in [6.07, 6.45) is 0. The predicted octanol–water partition coefficient (Wildman–Crippen LogP) is 3.93. The molecule has 0 saturated heterocycles. The van der Waals surface area contributed by atoms with Crippen molar-refractivity contribution in [2.75, 3.05) is 35.9 Å². The number of amides is 1. The molecule has 3 rings (SSSR count). The maximum Gasteiger partial charge on any atom is 0.264 e. The summed E-state index contributed by atoms with van der Waals surface area (Å²) in [6.45, 7) is 0.366. The van der Waals surface area contributed by atoms with Crippen LogP contribution in [0.25, 0.3) is 0 Å². The van der Waals surface area contributed by atoms with Crippen LogP contribution in [0.4, 0.5) is 15.8 Å². The van der Waals surface area contributed by atoms with E-state index in [-0.39, 0.29) is 15.6 Å². The van der Waals surface area contributed by atoms with Crippen LogP contribution in [0.3, 0.4) is 0 Å². The van der Waals surface area contributed by atoms with Crippen molar-refractivity contribution in [2.24, 2.45) is 0 Å². The van der Waals surface area contributed by atoms with Gasteiger partial charge in [-0.2, -0.15) is 0 Å². The number of carbonyl (C=O) groups excluding carboxylic acids is 1. The second-order valence-corrected chi connectivity index (χ2v) is 9.30. The van der Waals surface area contributed by atoms with E-state index in [1.54, 1.807) is 18.2 Å². The highest BCUT2D eigenvalue weighted by Crippen LogP contribution is 2.27. The van der Waals surface area contributed by atoms with E-state index in [0.717, 1.165) is 16.1 Å². The lowest BCUT2D eigenvalue weighted by Gasteiger charge is -2.25. The average molecular weight is 476 g/mol. The summed E-state index contributed by atoms with van der Waals surface area (Å²) in [4.78, 5) is 14.6. The number of benzene rings is 3. The summed E-state index contributed by atoms with van der Waals surface area (Å²) >= 11 is 5.86. The Morgan fingerprint density at radius 1 is 0.969 bits per heavy atom. The number of likely N-dealkylation sites (N-methyl/N-ethyl adjacent to an activating group) is 1. The molecule has 168 valence electrons. The molecule has 0 bridgehead atoms. The highest BCUT2D eigenvalue weighted by atomic mass is 35.5. The topological polar surface area (TPSA) is 69.7 Å². The van der Waals surface area contributed by atoms with Crippen LogP contribution >= 0.6 is 11.6 Å². The Hall–Kier alpha value is -3.10. The van der Waals surface area contributed by atoms with E-state index in [1.807, 2.05) is 42.3 Å². The first kappa shape index (κ1) is 23.6. The molecular formula is C23H23ClFN3O3S. The molecule has 3 aromatic carbocycles. The summed E-state index contributed by atoms with van der Waals surface area (Å²) in [5.74, 6) is -1.17. The van der Waals surface area contributed by atoms with E-state index in [4.69, 9.17) is 11.6 Å². The number of nitrogens with zero attached hydrogens (tertiary/aromatic N) is 2. The number of nitrogens with one attached hydrogen (secondary N) is 1. The first-order chi connectivity index (χ1) is 15.3. The van der Waals surface area contributed by atoms with Crippen molar-refractivity contribution < 1.29 is 17.6 Å². The molecule has 0 aromatic heterocycles. The molecule has 6 nitrogen and oxygen atoms in total. The number of hydrogen-bond acceptors (Lipinski definition) is 4. The van der Waals surface area contributed by atoms with Crippen molar-refractivity contribution in [1.82, 2.24) is 5.32 Å². The number of halogens is 2. The predicted molar refractivity (Wildman–Crippen MR) is 125 cm³/mol. The monoisotopic (exact) mass is 475 g/mol. The van der Waals surface area contributed by atoms with Gasteiger partial charge in [0.05, 0.1) is 15.6 Å². The molecule has 0 unspecified atom stereocenters. The van der Waals surface area contributed by atoms with Gasteiger partial charge in [-0.1, -0.05) is 48.0 Å². The summed E-state index contributed by atoms with van der Waals surface area (Å²) in [5.41, 5.74) is 1.09. The lowest BCUT2D eigenvalue weighted by Crippen LogP contribution is -2.42. The number of rotatable bonds is 9. The van der Waals surface area contributed by atoms with Gasteiger partial charge in [0.15, 0.2) is 0 Å². The molecule has 9 heteroatoms. The van der Waals surface area contributed by atoms with Crippen LogP contribution in [0.5, 0.6) is 0 Å². The van der Waals surface area contributed by atoms with Gasteiger partial charge >= 0.3 is 0 Å². The zero-order chi connectivity index (χ0) is 23.1. The largest absolute Gasteiger partial charge is 0.373 e. The Morgan fingerprint density at radius 3 is 2.22 bits per heavy atom. The van der Waals surface area contributed by atoms with Crippen LogP contribution in [-0.4, -0.2) is 41.0 Å². The van der Waals surface area contributed by atoms with Gasteiger partial charge in [0.25, 0.3) is 10.0 Å². The van der Waals surface area contributed by atoms with Crippen molar-refractivity contribution in [3.63, 3.8) is 0 Å². The van der Waals surface area contributed by atoms with Crippen molar-refractivity contribution in [3.05, 3.63) is 89.7 Å². The van der Waals surface area contributed by atoms with Crippen molar-refractivity contribution in [1.29, 1.82) is 0 Å². The molecule has 0 atom stereocenters. The number of carbonyl (C=O) groups is 1. The van der Waals surface area contributed by atoms with E-state index in [1.165, 1.54) is 24.3 Å². The molecular weight excluding hydrogens is 453 g/mol. The van der Waals surface area contributed by atoms with Crippen molar-refractivity contribution in [2.45, 2.75) is 4.90 Å². The normalized spacial score (nSPS) is 11.1. The summed E-state index contributed by atoms with van der Waals surface area (Å²) in [6, 6.07) is 20.9. The maximum absolute atomic E-state index is 13.6. The van der Waals surface area contributed by atoms with E-state index >= 15 is 0 Å². The molecule has 1 N–H and O–H groups in total. The molecule has 0 aliphatic rings. The minimum Gasteiger partial charge on any atom is -0.373 e. The maximum atomic E-state index is 13.6. The van der Waals surface area contributed by atoms with Gasteiger partial charge in [-0.05, 0) is 42.5 Å². The molecule has 0 aliphatic heterocycles. The van der Waals surface area contributed by atoms with Crippen LogP contribution in [0.1, 0.15) is 0 Å². The third-order valence-corrected chi connectivity index (χ3v) is 6.85. The quantitative estimate of drug-likeness (QED) is 0.509. The fourth-order valence-corrected chi connectivity index (χ4v) is 4.64. The number of anilines is 2. The van der Waals surface area contributed by atoms with Gasteiger partial charge in [-0.25, -0.2) is 12.8 Å². The lowest BCUT2D eigenvalue weighted by atomic mass is 10.3. The second-order valence-electron chi connectivity index (χ2n) is 7.03. The summed E-state index contributed by atoms with van der Waals surface area (Å²) < 4.78 is 41.0. The standard InChI is InChI=1S/C23H23ClFN3O3S/c1-27(18-8-4-2-5-9-18)15-14-26-23(29)17-28(19-12-13-22(25)21(24)16-19)32(30,31)20-10-6-3-7-11-20/h2-13,16H,14-15,17H2,1H3,(H,26,29). The van der Waals surface area contributed by atoms with Crippen LogP contribution in [-0.2, 0) is 14.8 Å². The molecule has 0 radical (unpaired) electrons. The molecule has 0 aliphatic carbocycles. The summed E-state index contributed by atoms with van der Waals surface area (Å²) in [5, 5.41) is 2.50. The highest BCUT2D eigenvalue weighted by molar-refractivity contribution is 7.92. The second kappa shape index (κ2) is 10.5. The molecule has 32 heavy (non-hydrogen) atoms. The first-order valence-electron chi connectivity index (χ1n) is 9.85.